The maximum absolute atomic E-state index is 12.5. The summed E-state index contributed by atoms with van der Waals surface area (Å²) in [6.45, 7) is -0.562. The molecule has 0 saturated heterocycles. The summed E-state index contributed by atoms with van der Waals surface area (Å²) in [5, 5.41) is 3.95. The summed E-state index contributed by atoms with van der Waals surface area (Å²) in [6.07, 6.45) is 0. The second-order valence-corrected chi connectivity index (χ2v) is 8.21. The Morgan fingerprint density at radius 2 is 1.72 bits per heavy atom. The van der Waals surface area contributed by atoms with Gasteiger partial charge in [0.15, 0.2) is 17.3 Å². The van der Waals surface area contributed by atoms with Gasteiger partial charge in [0, 0.05) is 17.6 Å². The van der Waals surface area contributed by atoms with Crippen molar-refractivity contribution in [1.82, 2.24) is 4.31 Å². The maximum Gasteiger partial charge on any atom is 0.350 e. The van der Waals surface area contributed by atoms with Crippen molar-refractivity contribution in [2.24, 2.45) is 10.9 Å². The van der Waals surface area contributed by atoms with Crippen molar-refractivity contribution >= 4 is 33.4 Å². The Morgan fingerprint density at radius 3 is 2.31 bits per heavy atom. The van der Waals surface area contributed by atoms with E-state index in [1.165, 1.54) is 45.5 Å². The first-order chi connectivity index (χ1) is 13.7. The number of sulfonamides is 1. The average molecular weight is 442 g/mol. The number of oxime groups is 1. The number of carbonyl (C=O) groups excluding carboxylic acids is 1. The molecule has 156 valence electrons. The summed E-state index contributed by atoms with van der Waals surface area (Å²) >= 11 is 5.76. The normalized spacial score (nSPS) is 12.0. The first-order valence-electron chi connectivity index (χ1n) is 8.16. The molecule has 0 spiro atoms. The Balaban J connectivity index is 2.05. The third-order valence-corrected chi connectivity index (χ3v) is 5.87. The predicted molar refractivity (Wildman–Crippen MR) is 108 cm³/mol. The van der Waals surface area contributed by atoms with E-state index in [1.54, 1.807) is 18.2 Å². The Morgan fingerprint density at radius 1 is 1.10 bits per heavy atom. The lowest BCUT2D eigenvalue weighted by Crippen LogP contribution is -2.32. The summed E-state index contributed by atoms with van der Waals surface area (Å²) in [6, 6.07) is 10.3. The average Bonchev–Trinajstić information content (AvgIpc) is 2.71. The van der Waals surface area contributed by atoms with E-state index in [0.29, 0.717) is 22.1 Å². The number of benzene rings is 2. The van der Waals surface area contributed by atoms with Crippen molar-refractivity contribution in [1.29, 1.82) is 0 Å². The van der Waals surface area contributed by atoms with Gasteiger partial charge in [-0.15, -0.1) is 0 Å². The zero-order valence-electron chi connectivity index (χ0n) is 16.0. The molecule has 0 aliphatic rings. The fourth-order valence-corrected chi connectivity index (χ4v) is 3.47. The number of likely N-dealkylation sites (N-methyl/N-ethyl adjacent to an activating group) is 1. The van der Waals surface area contributed by atoms with Crippen molar-refractivity contribution in [3.63, 3.8) is 0 Å². The second-order valence-electron chi connectivity index (χ2n) is 5.72. The van der Waals surface area contributed by atoms with E-state index in [0.717, 1.165) is 4.31 Å². The number of nitrogens with two attached hydrogens (primary N) is 1. The highest BCUT2D eigenvalue weighted by Crippen LogP contribution is 2.27. The van der Waals surface area contributed by atoms with Crippen LogP contribution in [-0.2, 0) is 19.7 Å². The summed E-state index contributed by atoms with van der Waals surface area (Å²) in [5.74, 6) is -0.0886. The minimum absolute atomic E-state index is 0.00876. The number of rotatable bonds is 8. The van der Waals surface area contributed by atoms with Gasteiger partial charge >= 0.3 is 5.97 Å². The monoisotopic (exact) mass is 441 g/mol. The summed E-state index contributed by atoms with van der Waals surface area (Å²) < 4.78 is 36.0. The highest BCUT2D eigenvalue weighted by atomic mass is 35.5. The SMILES string of the molecule is COc1ccc(/C(N)=N\OC(=O)CN(C)S(=O)(=O)c2ccc(Cl)cc2)cc1OC. The number of amidine groups is 1. The minimum Gasteiger partial charge on any atom is -0.493 e. The second kappa shape index (κ2) is 9.59. The highest BCUT2D eigenvalue weighted by Gasteiger charge is 2.23. The summed E-state index contributed by atoms with van der Waals surface area (Å²) in [7, 11) is 0.304. The molecule has 0 atom stereocenters. The van der Waals surface area contributed by atoms with Gasteiger partial charge in [0.1, 0.15) is 6.54 Å². The molecular formula is C18H20ClN3O6S. The van der Waals surface area contributed by atoms with Gasteiger partial charge in [0.25, 0.3) is 0 Å². The highest BCUT2D eigenvalue weighted by molar-refractivity contribution is 7.89. The van der Waals surface area contributed by atoms with Crippen LogP contribution in [-0.4, -0.2) is 52.3 Å². The number of hydrogen-bond acceptors (Lipinski definition) is 7. The zero-order valence-corrected chi connectivity index (χ0v) is 17.5. The molecule has 0 radical (unpaired) electrons. The number of halogens is 1. The standard InChI is InChI=1S/C18H20ClN3O6S/c1-22(29(24,25)14-7-5-13(19)6-8-14)11-17(23)28-21-18(20)12-4-9-15(26-2)16(10-12)27-3/h4-10H,11H2,1-3H3,(H2,20,21). The molecule has 9 nitrogen and oxygen atoms in total. The van der Waals surface area contributed by atoms with Crippen LogP contribution in [0, 0.1) is 0 Å². The van der Waals surface area contributed by atoms with Crippen molar-refractivity contribution in [3.8, 4) is 11.5 Å². The Kier molecular flexibility index (Phi) is 7.43. The fourth-order valence-electron chi connectivity index (χ4n) is 2.23. The first-order valence-corrected chi connectivity index (χ1v) is 9.98. The Labute approximate surface area is 173 Å². The van der Waals surface area contributed by atoms with Gasteiger partial charge in [0.2, 0.25) is 10.0 Å². The predicted octanol–water partition coefficient (Wildman–Crippen LogP) is 1.84. The third-order valence-electron chi connectivity index (χ3n) is 3.80. The van der Waals surface area contributed by atoms with Gasteiger partial charge < -0.3 is 20.0 Å². The lowest BCUT2D eigenvalue weighted by molar-refractivity contribution is -0.143. The molecule has 0 heterocycles. The topological polar surface area (TPSA) is 121 Å². The quantitative estimate of drug-likeness (QED) is 0.287. The molecule has 11 heteroatoms. The van der Waals surface area contributed by atoms with Crippen LogP contribution in [0.2, 0.25) is 5.02 Å². The van der Waals surface area contributed by atoms with Crippen molar-refractivity contribution in [2.75, 3.05) is 27.8 Å². The molecular weight excluding hydrogens is 422 g/mol. The molecule has 0 saturated carbocycles. The van der Waals surface area contributed by atoms with Gasteiger partial charge in [-0.2, -0.15) is 4.31 Å². The van der Waals surface area contributed by atoms with Crippen molar-refractivity contribution in [3.05, 3.63) is 53.1 Å². The molecule has 0 unspecified atom stereocenters. The molecule has 0 aliphatic carbocycles. The molecule has 0 aromatic heterocycles. The van der Waals surface area contributed by atoms with Crippen LogP contribution in [0.4, 0.5) is 0 Å². The summed E-state index contributed by atoms with van der Waals surface area (Å²) in [5.41, 5.74) is 6.24. The van der Waals surface area contributed by atoms with E-state index >= 15 is 0 Å². The molecule has 2 aromatic rings. The maximum atomic E-state index is 12.5. The van der Waals surface area contributed by atoms with E-state index in [-0.39, 0.29) is 10.7 Å². The van der Waals surface area contributed by atoms with Gasteiger partial charge in [-0.05, 0) is 42.5 Å². The zero-order chi connectivity index (χ0) is 21.6. The summed E-state index contributed by atoms with van der Waals surface area (Å²) in [4.78, 5) is 16.7. The van der Waals surface area contributed by atoms with Gasteiger partial charge in [-0.25, -0.2) is 13.2 Å². The van der Waals surface area contributed by atoms with Crippen LogP contribution in [0.3, 0.4) is 0 Å². The molecule has 0 amide bonds. The van der Waals surface area contributed by atoms with E-state index < -0.39 is 22.5 Å². The smallest absolute Gasteiger partial charge is 0.350 e. The molecule has 0 bridgehead atoms. The van der Waals surface area contributed by atoms with E-state index in [9.17, 15) is 13.2 Å². The first kappa shape index (κ1) is 22.5. The lowest BCUT2D eigenvalue weighted by Gasteiger charge is -2.15. The van der Waals surface area contributed by atoms with Crippen LogP contribution in [0.25, 0.3) is 0 Å². The number of hydrogen-bond donors (Lipinski definition) is 1. The largest absolute Gasteiger partial charge is 0.493 e. The van der Waals surface area contributed by atoms with Crippen LogP contribution in [0.1, 0.15) is 5.56 Å². The fraction of sp³-hybridized carbons (Fsp3) is 0.222. The van der Waals surface area contributed by atoms with E-state index in [4.69, 9.17) is 31.6 Å². The molecule has 0 fully saturated rings. The molecule has 2 aromatic carbocycles. The van der Waals surface area contributed by atoms with Gasteiger partial charge in [-0.3, -0.25) is 0 Å². The molecule has 2 rings (SSSR count). The van der Waals surface area contributed by atoms with E-state index in [2.05, 4.69) is 5.16 Å². The van der Waals surface area contributed by atoms with Crippen LogP contribution >= 0.6 is 11.6 Å². The molecule has 29 heavy (non-hydrogen) atoms. The number of ether oxygens (including phenoxy) is 2. The Hall–Kier alpha value is -2.82. The van der Waals surface area contributed by atoms with Crippen LogP contribution < -0.4 is 15.2 Å². The van der Waals surface area contributed by atoms with Crippen molar-refractivity contribution in [2.45, 2.75) is 4.90 Å². The minimum atomic E-state index is -3.89. The molecule has 2 N–H and O–H groups in total. The van der Waals surface area contributed by atoms with Crippen molar-refractivity contribution < 1.29 is 27.5 Å². The van der Waals surface area contributed by atoms with Gasteiger partial charge in [-0.1, -0.05) is 16.8 Å². The third kappa shape index (κ3) is 5.59. The lowest BCUT2D eigenvalue weighted by atomic mass is 10.2. The van der Waals surface area contributed by atoms with E-state index in [1.807, 2.05) is 0 Å². The van der Waals surface area contributed by atoms with Crippen LogP contribution in [0.15, 0.2) is 52.5 Å². The molecule has 0 aliphatic heterocycles. The van der Waals surface area contributed by atoms with Crippen LogP contribution in [0.5, 0.6) is 11.5 Å². The van der Waals surface area contributed by atoms with Gasteiger partial charge in [0.05, 0.1) is 19.1 Å². The number of carbonyl (C=O) groups is 1. The Bertz CT molecular complexity index is 1010. The number of methoxy groups -OCH3 is 2. The number of nitrogens with zero attached hydrogens (tertiary/aromatic N) is 2.